The standard InChI is InChI=1S/C84H55NO/c1-3-4-36-68-53(2)60-30-15-19-37-69(60)83(68)71-39-21-17-34-64(71)67-52-59(46-50-74(67)83)85(58-45-49-73-66(51-58)63-33-16-20-38-70(63)82(73,56-26-7-5-8-27-56)57-28-9-6-10-29-57)78-42-23-41-75-79(78)65-35-18-22-40-72(65)84(75)76-47-43-54-24-11-13-31-61(54)80(76)86-81-62-32-14-12-25-55(62)44-48-77(81)84/h3-52H,1H2,2H3/b36-4-. The number of allylic oxidation sites excluding steroid dienone is 5. The Hall–Kier alpha value is -10.8. The number of ether oxygens (including phenoxy) is 1. The van der Waals surface area contributed by atoms with E-state index in [0.717, 1.165) is 61.2 Å². The third-order valence-electron chi connectivity index (χ3n) is 20.0. The van der Waals surface area contributed by atoms with Gasteiger partial charge in [0.2, 0.25) is 0 Å². The summed E-state index contributed by atoms with van der Waals surface area (Å²) in [5.74, 6) is 1.81. The van der Waals surface area contributed by atoms with Gasteiger partial charge in [0.25, 0.3) is 0 Å². The van der Waals surface area contributed by atoms with Crippen molar-refractivity contribution in [1.82, 2.24) is 0 Å². The number of hydrogen-bond donors (Lipinski definition) is 0. The van der Waals surface area contributed by atoms with Crippen molar-refractivity contribution in [3.8, 4) is 44.9 Å². The minimum absolute atomic E-state index is 0.525. The molecule has 0 N–H and O–H groups in total. The highest BCUT2D eigenvalue weighted by atomic mass is 16.5. The van der Waals surface area contributed by atoms with Crippen LogP contribution >= 0.6 is 0 Å². The number of anilines is 3. The van der Waals surface area contributed by atoms with Gasteiger partial charge in [-0.3, -0.25) is 0 Å². The average Bonchev–Trinajstić information content (AvgIpc) is 1.47. The number of nitrogens with zero attached hydrogens (tertiary/aromatic N) is 1. The van der Waals surface area contributed by atoms with Crippen LogP contribution in [-0.2, 0) is 16.2 Å². The molecule has 1 aliphatic heterocycles. The lowest BCUT2D eigenvalue weighted by molar-refractivity contribution is 0.447. The Labute approximate surface area is 501 Å². The first kappa shape index (κ1) is 48.7. The Morgan fingerprint density at radius 3 is 1.35 bits per heavy atom. The second-order valence-corrected chi connectivity index (χ2v) is 23.7. The first-order valence-electron chi connectivity index (χ1n) is 30.0. The maximum absolute atomic E-state index is 7.44. The fourth-order valence-corrected chi connectivity index (χ4v) is 16.7. The Morgan fingerprint density at radius 2 is 0.779 bits per heavy atom. The van der Waals surface area contributed by atoms with Crippen LogP contribution in [0.1, 0.15) is 73.7 Å². The van der Waals surface area contributed by atoms with Crippen LogP contribution in [0, 0.1) is 0 Å². The van der Waals surface area contributed by atoms with Gasteiger partial charge < -0.3 is 9.64 Å². The van der Waals surface area contributed by atoms with Crippen molar-refractivity contribution >= 4 is 44.2 Å². The van der Waals surface area contributed by atoms with Crippen molar-refractivity contribution in [2.24, 2.45) is 0 Å². The van der Waals surface area contributed by atoms with Crippen LogP contribution in [0.15, 0.2) is 315 Å². The van der Waals surface area contributed by atoms with Crippen molar-refractivity contribution in [2.45, 2.75) is 23.2 Å². The normalized spacial score (nSPS) is 16.2. The summed E-state index contributed by atoms with van der Waals surface area (Å²) in [5, 5.41) is 4.49. The summed E-state index contributed by atoms with van der Waals surface area (Å²) in [4.78, 5) is 2.58. The van der Waals surface area contributed by atoms with Crippen LogP contribution in [0.5, 0.6) is 11.5 Å². The SMILES string of the molecule is C=C/C=C\C1=C(C)c2ccccc2C12c1ccccc1-c1cc(N(c3ccc4c(c3)-c3ccccc3C4(c3ccccc3)c3ccccc3)c3cccc4c3-c3ccccc3C43c4ccc5ccccc5c4Oc4c3ccc3ccccc43)ccc12. The minimum Gasteiger partial charge on any atom is -0.455 e. The molecule has 0 aromatic heterocycles. The largest absolute Gasteiger partial charge is 0.455 e. The lowest BCUT2D eigenvalue weighted by atomic mass is 9.65. The van der Waals surface area contributed by atoms with E-state index in [4.69, 9.17) is 4.74 Å². The van der Waals surface area contributed by atoms with Gasteiger partial charge in [0.15, 0.2) is 0 Å². The van der Waals surface area contributed by atoms with E-state index in [2.05, 4.69) is 316 Å². The molecule has 0 amide bonds. The van der Waals surface area contributed by atoms with E-state index < -0.39 is 16.2 Å². The molecule has 13 aromatic rings. The molecule has 1 unspecified atom stereocenters. The Kier molecular flexibility index (Phi) is 10.3. The van der Waals surface area contributed by atoms with Crippen molar-refractivity contribution in [3.63, 3.8) is 0 Å². The number of fused-ring (bicyclic) bond motifs is 23. The second-order valence-electron chi connectivity index (χ2n) is 23.7. The molecule has 1 heterocycles. The molecular formula is C84H55NO. The summed E-state index contributed by atoms with van der Waals surface area (Å²) in [7, 11) is 0. The zero-order chi connectivity index (χ0) is 56.9. The van der Waals surface area contributed by atoms with Gasteiger partial charge in [-0.05, 0) is 143 Å². The summed E-state index contributed by atoms with van der Waals surface area (Å²) >= 11 is 0. The Bertz CT molecular complexity index is 5010. The molecule has 13 aromatic carbocycles. The van der Waals surface area contributed by atoms with Crippen molar-refractivity contribution in [2.75, 3.05) is 4.90 Å². The summed E-state index contributed by atoms with van der Waals surface area (Å²) in [6, 6.07) is 107. The lowest BCUT2D eigenvalue weighted by Crippen LogP contribution is -2.32. The Balaban J connectivity index is 0.944. The highest BCUT2D eigenvalue weighted by Gasteiger charge is 2.55. The lowest BCUT2D eigenvalue weighted by Gasteiger charge is -2.40. The van der Waals surface area contributed by atoms with E-state index in [0.29, 0.717) is 0 Å². The molecule has 0 radical (unpaired) electrons. The number of benzene rings is 13. The van der Waals surface area contributed by atoms with Crippen molar-refractivity contribution in [1.29, 1.82) is 0 Å². The number of hydrogen-bond acceptors (Lipinski definition) is 2. The highest BCUT2D eigenvalue weighted by Crippen LogP contribution is 2.68. The summed E-state index contributed by atoms with van der Waals surface area (Å²) in [5.41, 5.74) is 26.3. The van der Waals surface area contributed by atoms with Crippen molar-refractivity contribution in [3.05, 3.63) is 382 Å². The van der Waals surface area contributed by atoms with Crippen LogP contribution in [-0.4, -0.2) is 0 Å². The van der Waals surface area contributed by atoms with E-state index >= 15 is 0 Å². The first-order valence-corrected chi connectivity index (χ1v) is 30.0. The second kappa shape index (κ2) is 18.1. The topological polar surface area (TPSA) is 12.5 Å². The van der Waals surface area contributed by atoms with Crippen LogP contribution in [0.25, 0.3) is 60.5 Å². The quantitative estimate of drug-likeness (QED) is 0.148. The molecule has 18 rings (SSSR count). The zero-order valence-electron chi connectivity index (χ0n) is 47.4. The van der Waals surface area contributed by atoms with E-state index in [1.54, 1.807) is 0 Å². The summed E-state index contributed by atoms with van der Waals surface area (Å²) in [6.07, 6.45) is 6.32. The molecule has 0 saturated heterocycles. The molecule has 4 aliphatic carbocycles. The van der Waals surface area contributed by atoms with Gasteiger partial charge in [0, 0.05) is 38.8 Å². The number of rotatable bonds is 7. The van der Waals surface area contributed by atoms with Gasteiger partial charge in [-0.15, -0.1) is 0 Å². The monoisotopic (exact) mass is 1090 g/mol. The highest BCUT2D eigenvalue weighted by molar-refractivity contribution is 6.05. The smallest absolute Gasteiger partial charge is 0.140 e. The zero-order valence-corrected chi connectivity index (χ0v) is 47.4. The van der Waals surface area contributed by atoms with Crippen LogP contribution in [0.2, 0.25) is 0 Å². The molecule has 0 bridgehead atoms. The fourth-order valence-electron chi connectivity index (χ4n) is 16.7. The van der Waals surface area contributed by atoms with Crippen molar-refractivity contribution < 1.29 is 4.74 Å². The van der Waals surface area contributed by atoms with Gasteiger partial charge in [-0.1, -0.05) is 280 Å². The van der Waals surface area contributed by atoms with Gasteiger partial charge in [0.05, 0.1) is 21.9 Å². The Morgan fingerprint density at radius 1 is 0.349 bits per heavy atom. The maximum atomic E-state index is 7.44. The van der Waals surface area contributed by atoms with Crippen LogP contribution < -0.4 is 9.64 Å². The molecule has 2 spiro atoms. The predicted octanol–water partition coefficient (Wildman–Crippen LogP) is 21.1. The molecule has 5 aliphatic rings. The molecule has 0 fully saturated rings. The molecule has 0 saturated carbocycles. The molecule has 86 heavy (non-hydrogen) atoms. The van der Waals surface area contributed by atoms with E-state index in [1.807, 2.05) is 6.08 Å². The third kappa shape index (κ3) is 6.14. The van der Waals surface area contributed by atoms with Gasteiger partial charge >= 0.3 is 0 Å². The van der Waals surface area contributed by atoms with E-state index in [9.17, 15) is 0 Å². The summed E-state index contributed by atoms with van der Waals surface area (Å²) in [6.45, 7) is 6.45. The predicted molar refractivity (Wildman–Crippen MR) is 355 cm³/mol. The first-order chi connectivity index (χ1) is 42.6. The average molecular weight is 1090 g/mol. The molecule has 402 valence electrons. The fraction of sp³-hybridized carbons (Fsp3) is 0.0476. The van der Waals surface area contributed by atoms with Crippen LogP contribution in [0.3, 0.4) is 0 Å². The van der Waals surface area contributed by atoms with E-state index in [1.165, 1.54) is 100 Å². The molecular weight excluding hydrogens is 1040 g/mol. The minimum atomic E-state index is -0.745. The summed E-state index contributed by atoms with van der Waals surface area (Å²) < 4.78 is 7.44. The van der Waals surface area contributed by atoms with Gasteiger partial charge in [0.1, 0.15) is 11.5 Å². The maximum Gasteiger partial charge on any atom is 0.140 e. The molecule has 2 nitrogen and oxygen atoms in total. The molecule has 1 atom stereocenters. The van der Waals surface area contributed by atoms with Gasteiger partial charge in [-0.2, -0.15) is 0 Å². The molecule has 2 heteroatoms. The van der Waals surface area contributed by atoms with E-state index in [-0.39, 0.29) is 0 Å². The van der Waals surface area contributed by atoms with Gasteiger partial charge in [-0.25, -0.2) is 0 Å². The van der Waals surface area contributed by atoms with Crippen LogP contribution in [0.4, 0.5) is 17.1 Å². The third-order valence-corrected chi connectivity index (χ3v) is 20.0.